The maximum Gasteiger partial charge on any atom is 0.239 e. The van der Waals surface area contributed by atoms with Gasteiger partial charge in [0.1, 0.15) is 6.54 Å². The SMILES string of the molecule is O=C(Cn1c2c(c3ccccc31)CCC2)NCC1CCS(=O)(=O)C1. The lowest BCUT2D eigenvalue weighted by Gasteiger charge is -2.12. The fourth-order valence-corrected chi connectivity index (χ4v) is 5.96. The number of carbonyl (C=O) groups excluding carboxylic acids is 1. The van der Waals surface area contributed by atoms with Crippen molar-refractivity contribution in [1.29, 1.82) is 0 Å². The summed E-state index contributed by atoms with van der Waals surface area (Å²) in [6, 6.07) is 8.27. The summed E-state index contributed by atoms with van der Waals surface area (Å²) in [5.41, 5.74) is 3.80. The van der Waals surface area contributed by atoms with Gasteiger partial charge in [0.2, 0.25) is 5.91 Å². The van der Waals surface area contributed by atoms with Gasteiger partial charge in [-0.2, -0.15) is 0 Å². The first-order chi connectivity index (χ1) is 11.5. The van der Waals surface area contributed by atoms with Crippen molar-refractivity contribution in [3.63, 3.8) is 0 Å². The zero-order valence-corrected chi connectivity index (χ0v) is 14.4. The van der Waals surface area contributed by atoms with Crippen molar-refractivity contribution in [3.8, 4) is 0 Å². The standard InChI is InChI=1S/C18H22N2O3S/c21-18(19-10-13-8-9-24(22,23)12-13)11-20-16-6-2-1-4-14(16)15-5-3-7-17(15)20/h1-2,4,6,13H,3,5,7-12H2,(H,19,21). The molecule has 0 saturated carbocycles. The fourth-order valence-electron chi connectivity index (χ4n) is 4.10. The number of aromatic nitrogens is 1. The first kappa shape index (κ1) is 15.7. The highest BCUT2D eigenvalue weighted by molar-refractivity contribution is 7.91. The molecule has 4 rings (SSSR count). The number of fused-ring (bicyclic) bond motifs is 3. The summed E-state index contributed by atoms with van der Waals surface area (Å²) in [6.45, 7) is 0.773. The minimum Gasteiger partial charge on any atom is -0.354 e. The smallest absolute Gasteiger partial charge is 0.239 e. The quantitative estimate of drug-likeness (QED) is 0.916. The van der Waals surface area contributed by atoms with Crippen molar-refractivity contribution in [1.82, 2.24) is 9.88 Å². The summed E-state index contributed by atoms with van der Waals surface area (Å²) in [4.78, 5) is 12.4. The second-order valence-electron chi connectivity index (χ2n) is 6.96. The normalized spacial score (nSPS) is 21.9. The number of sulfone groups is 1. The van der Waals surface area contributed by atoms with Crippen LogP contribution in [-0.4, -0.2) is 36.9 Å². The number of aryl methyl sites for hydroxylation is 1. The summed E-state index contributed by atoms with van der Waals surface area (Å²) in [7, 11) is -2.89. The Morgan fingerprint density at radius 2 is 2.08 bits per heavy atom. The highest BCUT2D eigenvalue weighted by atomic mass is 32.2. The van der Waals surface area contributed by atoms with Crippen LogP contribution in [0.3, 0.4) is 0 Å². The van der Waals surface area contributed by atoms with Gasteiger partial charge in [-0.25, -0.2) is 8.42 Å². The summed E-state index contributed by atoms with van der Waals surface area (Å²) >= 11 is 0. The molecule has 1 aliphatic heterocycles. The lowest BCUT2D eigenvalue weighted by atomic mass is 10.1. The van der Waals surface area contributed by atoms with Crippen LogP contribution >= 0.6 is 0 Å². The molecule has 24 heavy (non-hydrogen) atoms. The van der Waals surface area contributed by atoms with Gasteiger partial charge < -0.3 is 9.88 Å². The zero-order chi connectivity index (χ0) is 16.7. The van der Waals surface area contributed by atoms with E-state index in [1.165, 1.54) is 16.6 Å². The molecule has 1 N–H and O–H groups in total. The second kappa shape index (κ2) is 5.92. The number of hydrogen-bond acceptors (Lipinski definition) is 3. The third kappa shape index (κ3) is 2.83. The predicted octanol–water partition coefficient (Wildman–Crippen LogP) is 1.68. The molecule has 5 nitrogen and oxygen atoms in total. The highest BCUT2D eigenvalue weighted by Crippen LogP contribution is 2.32. The van der Waals surface area contributed by atoms with Crippen LogP contribution < -0.4 is 5.32 Å². The van der Waals surface area contributed by atoms with E-state index < -0.39 is 9.84 Å². The van der Waals surface area contributed by atoms with Crippen molar-refractivity contribution >= 4 is 26.6 Å². The van der Waals surface area contributed by atoms with Crippen molar-refractivity contribution in [3.05, 3.63) is 35.5 Å². The summed E-state index contributed by atoms with van der Waals surface area (Å²) in [5.74, 6) is 0.485. The molecule has 0 spiro atoms. The van der Waals surface area contributed by atoms with Crippen molar-refractivity contribution in [2.45, 2.75) is 32.2 Å². The van der Waals surface area contributed by atoms with Crippen LogP contribution in [0.1, 0.15) is 24.1 Å². The molecule has 6 heteroatoms. The summed E-state index contributed by atoms with van der Waals surface area (Å²) < 4.78 is 25.1. The molecule has 1 aromatic heterocycles. The molecular weight excluding hydrogens is 324 g/mol. The Labute approximate surface area is 142 Å². The molecule has 1 unspecified atom stereocenters. The van der Waals surface area contributed by atoms with Crippen molar-refractivity contribution in [2.75, 3.05) is 18.1 Å². The number of para-hydroxylation sites is 1. The number of hydrogen-bond donors (Lipinski definition) is 1. The summed E-state index contributed by atoms with van der Waals surface area (Å²) in [6.07, 6.45) is 3.92. The van der Waals surface area contributed by atoms with Gasteiger partial charge in [0.25, 0.3) is 0 Å². The van der Waals surface area contributed by atoms with Crippen LogP contribution in [0.4, 0.5) is 0 Å². The third-order valence-electron chi connectivity index (χ3n) is 5.25. The molecule has 1 atom stereocenters. The van der Waals surface area contributed by atoms with Crippen LogP contribution in [0, 0.1) is 5.92 Å². The predicted molar refractivity (Wildman–Crippen MR) is 93.7 cm³/mol. The Bertz CT molecular complexity index is 898. The van der Waals surface area contributed by atoms with Crippen molar-refractivity contribution < 1.29 is 13.2 Å². The minimum atomic E-state index is -2.89. The molecule has 2 aromatic rings. The third-order valence-corrected chi connectivity index (χ3v) is 7.09. The van der Waals surface area contributed by atoms with Crippen LogP contribution in [-0.2, 0) is 34.0 Å². The van der Waals surface area contributed by atoms with E-state index >= 15 is 0 Å². The van der Waals surface area contributed by atoms with Gasteiger partial charge in [-0.05, 0) is 43.2 Å². The maximum atomic E-state index is 12.4. The van der Waals surface area contributed by atoms with E-state index in [1.54, 1.807) is 0 Å². The van der Waals surface area contributed by atoms with Crippen LogP contribution in [0.25, 0.3) is 10.9 Å². The molecule has 1 fully saturated rings. The number of nitrogens with zero attached hydrogens (tertiary/aromatic N) is 1. The number of rotatable bonds is 4. The zero-order valence-electron chi connectivity index (χ0n) is 13.6. The molecular formula is C18H22N2O3S. The molecule has 2 heterocycles. The van der Waals surface area contributed by atoms with Gasteiger partial charge in [-0.15, -0.1) is 0 Å². The summed E-state index contributed by atoms with van der Waals surface area (Å²) in [5, 5.41) is 4.20. The van der Waals surface area contributed by atoms with E-state index in [0.717, 1.165) is 24.8 Å². The Morgan fingerprint density at radius 1 is 1.25 bits per heavy atom. The number of carbonyl (C=O) groups is 1. The molecule has 1 saturated heterocycles. The molecule has 2 aliphatic rings. The van der Waals surface area contributed by atoms with Gasteiger partial charge in [-0.3, -0.25) is 4.79 Å². The largest absolute Gasteiger partial charge is 0.354 e. The molecule has 1 aliphatic carbocycles. The van der Waals surface area contributed by atoms with Crippen LogP contribution in [0.15, 0.2) is 24.3 Å². The van der Waals surface area contributed by atoms with Gasteiger partial charge in [0.15, 0.2) is 9.84 Å². The van der Waals surface area contributed by atoms with E-state index in [0.29, 0.717) is 19.5 Å². The van der Waals surface area contributed by atoms with Crippen LogP contribution in [0.2, 0.25) is 0 Å². The molecule has 1 aromatic carbocycles. The van der Waals surface area contributed by atoms with E-state index in [2.05, 4.69) is 22.0 Å². The lowest BCUT2D eigenvalue weighted by molar-refractivity contribution is -0.121. The van der Waals surface area contributed by atoms with E-state index in [1.807, 2.05) is 12.1 Å². The monoisotopic (exact) mass is 346 g/mol. The Balaban J connectivity index is 1.48. The maximum absolute atomic E-state index is 12.4. The molecule has 0 radical (unpaired) electrons. The average Bonchev–Trinajstić information content (AvgIpc) is 3.22. The molecule has 1 amide bonds. The fraction of sp³-hybridized carbons (Fsp3) is 0.500. The van der Waals surface area contributed by atoms with E-state index in [9.17, 15) is 13.2 Å². The van der Waals surface area contributed by atoms with Gasteiger partial charge in [-0.1, -0.05) is 18.2 Å². The molecule has 0 bridgehead atoms. The van der Waals surface area contributed by atoms with Gasteiger partial charge >= 0.3 is 0 Å². The highest BCUT2D eigenvalue weighted by Gasteiger charge is 2.28. The number of benzene rings is 1. The van der Waals surface area contributed by atoms with Gasteiger partial charge in [0.05, 0.1) is 11.5 Å². The Morgan fingerprint density at radius 3 is 2.88 bits per heavy atom. The minimum absolute atomic E-state index is 0.0326. The first-order valence-electron chi connectivity index (χ1n) is 8.59. The topological polar surface area (TPSA) is 68.2 Å². The number of nitrogens with one attached hydrogen (secondary N) is 1. The lowest BCUT2D eigenvalue weighted by Crippen LogP contribution is -2.32. The number of amides is 1. The average molecular weight is 346 g/mol. The Hall–Kier alpha value is -1.82. The van der Waals surface area contributed by atoms with Crippen molar-refractivity contribution in [2.24, 2.45) is 5.92 Å². The van der Waals surface area contributed by atoms with E-state index in [-0.39, 0.29) is 23.3 Å². The second-order valence-corrected chi connectivity index (χ2v) is 9.18. The Kier molecular flexibility index (Phi) is 3.87. The first-order valence-corrected chi connectivity index (χ1v) is 10.4. The van der Waals surface area contributed by atoms with Gasteiger partial charge in [0, 0.05) is 23.1 Å². The van der Waals surface area contributed by atoms with E-state index in [4.69, 9.17) is 0 Å². The van der Waals surface area contributed by atoms with Crippen LogP contribution in [0.5, 0.6) is 0 Å². The molecule has 128 valence electrons.